The van der Waals surface area contributed by atoms with Crippen LogP contribution >= 0.6 is 0 Å². The number of nitrogens with zero attached hydrogens (tertiary/aromatic N) is 2. The fraction of sp³-hybridized carbons (Fsp3) is 0.467. The summed E-state index contributed by atoms with van der Waals surface area (Å²) in [6.45, 7) is 3.56. The third-order valence-corrected chi connectivity index (χ3v) is 3.68. The van der Waals surface area contributed by atoms with Gasteiger partial charge in [0.2, 0.25) is 5.91 Å². The molecular formula is C15H19N3O. The van der Waals surface area contributed by atoms with Gasteiger partial charge in [0.05, 0.1) is 12.1 Å². The first-order valence-electron chi connectivity index (χ1n) is 6.70. The van der Waals surface area contributed by atoms with Gasteiger partial charge in [-0.05, 0) is 31.9 Å². The second-order valence-corrected chi connectivity index (χ2v) is 4.97. The fourth-order valence-corrected chi connectivity index (χ4v) is 2.35. The van der Waals surface area contributed by atoms with Crippen LogP contribution in [0.25, 0.3) is 0 Å². The first-order chi connectivity index (χ1) is 9.20. The normalized spacial score (nSPS) is 18.5. The molecule has 0 bridgehead atoms. The number of piperidine rings is 1. The van der Waals surface area contributed by atoms with E-state index in [1.165, 1.54) is 0 Å². The van der Waals surface area contributed by atoms with Crippen LogP contribution in [0.2, 0.25) is 0 Å². The van der Waals surface area contributed by atoms with E-state index in [0.29, 0.717) is 0 Å². The third kappa shape index (κ3) is 3.55. The minimum absolute atomic E-state index is 0.0154. The number of anilines is 1. The Hall–Kier alpha value is -1.86. The van der Waals surface area contributed by atoms with Gasteiger partial charge in [0.25, 0.3) is 0 Å². The summed E-state index contributed by atoms with van der Waals surface area (Å²) in [5.74, 6) is 0.169. The SMILES string of the molecule is CC(C(=O)Nc1ccccc1)N1CCC(C#N)CC1. The van der Waals surface area contributed by atoms with Crippen molar-refractivity contribution in [2.45, 2.75) is 25.8 Å². The van der Waals surface area contributed by atoms with Crippen LogP contribution in [0.3, 0.4) is 0 Å². The van der Waals surface area contributed by atoms with Crippen molar-refractivity contribution in [3.63, 3.8) is 0 Å². The van der Waals surface area contributed by atoms with Crippen molar-refractivity contribution in [3.8, 4) is 6.07 Å². The summed E-state index contributed by atoms with van der Waals surface area (Å²) in [4.78, 5) is 14.3. The average molecular weight is 257 g/mol. The molecule has 1 unspecified atom stereocenters. The summed E-state index contributed by atoms with van der Waals surface area (Å²) in [5.41, 5.74) is 0.825. The lowest BCUT2D eigenvalue weighted by atomic mass is 9.97. The van der Waals surface area contributed by atoms with Crippen molar-refractivity contribution < 1.29 is 4.79 Å². The first kappa shape index (κ1) is 13.6. The number of nitrogens with one attached hydrogen (secondary N) is 1. The molecule has 1 aliphatic rings. The lowest BCUT2D eigenvalue weighted by Gasteiger charge is -2.33. The predicted octanol–water partition coefficient (Wildman–Crippen LogP) is 2.25. The van der Waals surface area contributed by atoms with E-state index in [4.69, 9.17) is 5.26 Å². The van der Waals surface area contributed by atoms with Gasteiger partial charge in [-0.15, -0.1) is 0 Å². The van der Waals surface area contributed by atoms with Gasteiger partial charge in [-0.1, -0.05) is 18.2 Å². The molecular weight excluding hydrogens is 238 g/mol. The smallest absolute Gasteiger partial charge is 0.241 e. The van der Waals surface area contributed by atoms with Crippen LogP contribution in [0.15, 0.2) is 30.3 Å². The summed E-state index contributed by atoms with van der Waals surface area (Å²) < 4.78 is 0. The van der Waals surface area contributed by atoms with Gasteiger partial charge in [0.15, 0.2) is 0 Å². The highest BCUT2D eigenvalue weighted by Gasteiger charge is 2.26. The van der Waals surface area contributed by atoms with Gasteiger partial charge in [-0.25, -0.2) is 0 Å². The summed E-state index contributed by atoms with van der Waals surface area (Å²) in [6.07, 6.45) is 1.72. The molecule has 0 aromatic heterocycles. The van der Waals surface area contributed by atoms with Crippen LogP contribution in [0.1, 0.15) is 19.8 Å². The summed E-state index contributed by atoms with van der Waals surface area (Å²) in [5, 5.41) is 11.8. The van der Waals surface area contributed by atoms with E-state index in [2.05, 4.69) is 16.3 Å². The molecule has 1 N–H and O–H groups in total. The summed E-state index contributed by atoms with van der Waals surface area (Å²) >= 11 is 0. The molecule has 100 valence electrons. The lowest BCUT2D eigenvalue weighted by Crippen LogP contribution is -2.45. The topological polar surface area (TPSA) is 56.1 Å². The number of carbonyl (C=O) groups is 1. The number of hydrogen-bond donors (Lipinski definition) is 1. The number of likely N-dealkylation sites (tertiary alicyclic amines) is 1. The number of hydrogen-bond acceptors (Lipinski definition) is 3. The van der Waals surface area contributed by atoms with Crippen LogP contribution in [0.4, 0.5) is 5.69 Å². The second-order valence-electron chi connectivity index (χ2n) is 4.97. The van der Waals surface area contributed by atoms with Crippen molar-refractivity contribution in [2.75, 3.05) is 18.4 Å². The Kier molecular flexibility index (Phi) is 4.53. The van der Waals surface area contributed by atoms with Gasteiger partial charge in [-0.2, -0.15) is 5.26 Å². The van der Waals surface area contributed by atoms with Gasteiger partial charge in [0, 0.05) is 24.7 Å². The van der Waals surface area contributed by atoms with E-state index in [-0.39, 0.29) is 17.9 Å². The maximum atomic E-state index is 12.1. The van der Waals surface area contributed by atoms with E-state index in [9.17, 15) is 4.79 Å². The highest BCUT2D eigenvalue weighted by molar-refractivity contribution is 5.94. The van der Waals surface area contributed by atoms with E-state index in [1.807, 2.05) is 37.3 Å². The number of benzene rings is 1. The summed E-state index contributed by atoms with van der Waals surface area (Å²) in [7, 11) is 0. The number of para-hydroxylation sites is 1. The molecule has 4 heteroatoms. The third-order valence-electron chi connectivity index (χ3n) is 3.68. The highest BCUT2D eigenvalue weighted by Crippen LogP contribution is 2.18. The zero-order valence-electron chi connectivity index (χ0n) is 11.2. The molecule has 4 nitrogen and oxygen atoms in total. The molecule has 1 amide bonds. The van der Waals surface area contributed by atoms with Crippen LogP contribution in [-0.2, 0) is 4.79 Å². The van der Waals surface area contributed by atoms with E-state index < -0.39 is 0 Å². The average Bonchev–Trinajstić information content (AvgIpc) is 2.47. The quantitative estimate of drug-likeness (QED) is 0.903. The van der Waals surface area contributed by atoms with Gasteiger partial charge in [0.1, 0.15) is 0 Å². The second kappa shape index (κ2) is 6.35. The Balaban J connectivity index is 1.88. The first-order valence-corrected chi connectivity index (χ1v) is 6.70. The molecule has 1 aliphatic heterocycles. The molecule has 19 heavy (non-hydrogen) atoms. The number of rotatable bonds is 3. The van der Waals surface area contributed by atoms with E-state index in [0.717, 1.165) is 31.6 Å². The Morgan fingerprint density at radius 1 is 1.37 bits per heavy atom. The summed E-state index contributed by atoms with van der Waals surface area (Å²) in [6, 6.07) is 11.6. The van der Waals surface area contributed by atoms with E-state index in [1.54, 1.807) is 0 Å². The number of amides is 1. The Bertz CT molecular complexity index is 458. The standard InChI is InChI=1S/C15H19N3O/c1-12(18-9-7-13(11-16)8-10-18)15(19)17-14-5-3-2-4-6-14/h2-6,12-13H,7-10H2,1H3,(H,17,19). The monoisotopic (exact) mass is 257 g/mol. The Morgan fingerprint density at radius 2 is 2.00 bits per heavy atom. The molecule has 0 radical (unpaired) electrons. The molecule has 1 saturated heterocycles. The van der Waals surface area contributed by atoms with Gasteiger partial charge < -0.3 is 5.32 Å². The predicted molar refractivity (Wildman–Crippen MR) is 74.4 cm³/mol. The zero-order valence-corrected chi connectivity index (χ0v) is 11.2. The Morgan fingerprint density at radius 3 is 2.58 bits per heavy atom. The number of carbonyl (C=O) groups excluding carboxylic acids is 1. The molecule has 1 fully saturated rings. The molecule has 2 rings (SSSR count). The van der Waals surface area contributed by atoms with Crippen LogP contribution in [-0.4, -0.2) is 29.9 Å². The van der Waals surface area contributed by atoms with Crippen molar-refractivity contribution >= 4 is 11.6 Å². The van der Waals surface area contributed by atoms with Crippen molar-refractivity contribution in [2.24, 2.45) is 5.92 Å². The molecule has 1 atom stereocenters. The van der Waals surface area contributed by atoms with Crippen molar-refractivity contribution in [1.29, 1.82) is 5.26 Å². The van der Waals surface area contributed by atoms with Crippen LogP contribution in [0, 0.1) is 17.2 Å². The molecule has 1 aromatic rings. The largest absolute Gasteiger partial charge is 0.325 e. The van der Waals surface area contributed by atoms with Crippen LogP contribution < -0.4 is 5.32 Å². The maximum Gasteiger partial charge on any atom is 0.241 e. The molecule has 1 heterocycles. The highest BCUT2D eigenvalue weighted by atomic mass is 16.2. The molecule has 0 aliphatic carbocycles. The maximum absolute atomic E-state index is 12.1. The number of nitriles is 1. The Labute approximate surface area is 114 Å². The molecule has 0 saturated carbocycles. The van der Waals surface area contributed by atoms with E-state index >= 15 is 0 Å². The van der Waals surface area contributed by atoms with Gasteiger partial charge in [-0.3, -0.25) is 9.69 Å². The van der Waals surface area contributed by atoms with Crippen molar-refractivity contribution in [3.05, 3.63) is 30.3 Å². The minimum Gasteiger partial charge on any atom is -0.325 e. The fourth-order valence-electron chi connectivity index (χ4n) is 2.35. The molecule has 0 spiro atoms. The van der Waals surface area contributed by atoms with Crippen molar-refractivity contribution in [1.82, 2.24) is 4.90 Å². The molecule has 1 aromatic carbocycles. The lowest BCUT2D eigenvalue weighted by molar-refractivity contribution is -0.121. The van der Waals surface area contributed by atoms with Gasteiger partial charge >= 0.3 is 0 Å². The zero-order chi connectivity index (χ0) is 13.7. The van der Waals surface area contributed by atoms with Crippen LogP contribution in [0.5, 0.6) is 0 Å². The minimum atomic E-state index is -0.153.